The molecular formula is C14H15NO3. The summed E-state index contributed by atoms with van der Waals surface area (Å²) in [6.07, 6.45) is 1.46. The number of phenolic OH excluding ortho intramolecular Hbond substituents is 1. The van der Waals surface area contributed by atoms with Crippen LogP contribution in [-0.2, 0) is 6.54 Å². The lowest BCUT2D eigenvalue weighted by Crippen LogP contribution is -2.25. The van der Waals surface area contributed by atoms with Crippen LogP contribution in [0.25, 0.3) is 0 Å². The lowest BCUT2D eigenvalue weighted by atomic mass is 10.2. The minimum absolute atomic E-state index is 0.0834. The Morgan fingerprint density at radius 2 is 2.00 bits per heavy atom. The van der Waals surface area contributed by atoms with Gasteiger partial charge in [-0.2, -0.15) is 0 Å². The maximum Gasteiger partial charge on any atom is 0.257 e. The average molecular weight is 245 g/mol. The van der Waals surface area contributed by atoms with Crippen LogP contribution in [0.2, 0.25) is 0 Å². The monoisotopic (exact) mass is 245 g/mol. The standard InChI is InChI=1S/C14H15NO3/c1-10-7-12(9-18-10)14(17)15(2)8-11-3-5-13(16)6-4-11/h3-7,9,16H,8H2,1-2H3. The molecule has 0 aliphatic carbocycles. The predicted molar refractivity (Wildman–Crippen MR) is 67.3 cm³/mol. The largest absolute Gasteiger partial charge is 0.508 e. The molecule has 0 bridgehead atoms. The molecule has 0 saturated heterocycles. The van der Waals surface area contributed by atoms with E-state index in [0.29, 0.717) is 12.1 Å². The van der Waals surface area contributed by atoms with E-state index >= 15 is 0 Å². The first kappa shape index (κ1) is 12.2. The molecule has 2 rings (SSSR count). The lowest BCUT2D eigenvalue weighted by Gasteiger charge is -2.16. The van der Waals surface area contributed by atoms with Gasteiger partial charge >= 0.3 is 0 Å². The third-order valence-corrected chi connectivity index (χ3v) is 2.68. The van der Waals surface area contributed by atoms with E-state index in [1.165, 1.54) is 6.26 Å². The van der Waals surface area contributed by atoms with Crippen LogP contribution in [0.15, 0.2) is 41.0 Å². The second-order valence-corrected chi connectivity index (χ2v) is 4.27. The van der Waals surface area contributed by atoms with Gasteiger partial charge in [0.25, 0.3) is 5.91 Å². The van der Waals surface area contributed by atoms with Crippen molar-refractivity contribution in [3.05, 3.63) is 53.5 Å². The molecule has 1 amide bonds. The van der Waals surface area contributed by atoms with Crippen molar-refractivity contribution in [3.63, 3.8) is 0 Å². The maximum atomic E-state index is 12.0. The Balaban J connectivity index is 2.05. The third-order valence-electron chi connectivity index (χ3n) is 2.68. The molecular weight excluding hydrogens is 230 g/mol. The number of carbonyl (C=O) groups is 1. The molecule has 0 spiro atoms. The van der Waals surface area contributed by atoms with E-state index in [0.717, 1.165) is 11.3 Å². The number of aromatic hydroxyl groups is 1. The van der Waals surface area contributed by atoms with Crippen molar-refractivity contribution in [2.75, 3.05) is 7.05 Å². The van der Waals surface area contributed by atoms with Crippen LogP contribution in [0.5, 0.6) is 5.75 Å². The maximum absolute atomic E-state index is 12.0. The van der Waals surface area contributed by atoms with Crippen molar-refractivity contribution in [2.24, 2.45) is 0 Å². The first-order chi connectivity index (χ1) is 8.56. The summed E-state index contributed by atoms with van der Waals surface area (Å²) in [6, 6.07) is 8.51. The van der Waals surface area contributed by atoms with Crippen molar-refractivity contribution in [3.8, 4) is 5.75 Å². The Morgan fingerprint density at radius 3 is 2.56 bits per heavy atom. The molecule has 2 aromatic rings. The van der Waals surface area contributed by atoms with Gasteiger partial charge in [-0.15, -0.1) is 0 Å². The molecule has 1 aromatic heterocycles. The SMILES string of the molecule is Cc1cc(C(=O)N(C)Cc2ccc(O)cc2)co1. The Labute approximate surface area is 105 Å². The van der Waals surface area contributed by atoms with Gasteiger partial charge in [-0.25, -0.2) is 0 Å². The molecule has 0 radical (unpaired) electrons. The fourth-order valence-electron chi connectivity index (χ4n) is 1.72. The molecule has 18 heavy (non-hydrogen) atoms. The van der Waals surface area contributed by atoms with E-state index in [-0.39, 0.29) is 11.7 Å². The Morgan fingerprint density at radius 1 is 1.33 bits per heavy atom. The smallest absolute Gasteiger partial charge is 0.257 e. The van der Waals surface area contributed by atoms with Crippen LogP contribution in [0.1, 0.15) is 21.7 Å². The summed E-state index contributed by atoms with van der Waals surface area (Å²) >= 11 is 0. The highest BCUT2D eigenvalue weighted by molar-refractivity contribution is 5.93. The third kappa shape index (κ3) is 2.71. The van der Waals surface area contributed by atoms with E-state index < -0.39 is 0 Å². The lowest BCUT2D eigenvalue weighted by molar-refractivity contribution is 0.0784. The van der Waals surface area contributed by atoms with Gasteiger partial charge in [-0.3, -0.25) is 4.79 Å². The number of carbonyl (C=O) groups excluding carboxylic acids is 1. The summed E-state index contributed by atoms with van der Waals surface area (Å²) in [5.74, 6) is 0.856. The zero-order valence-corrected chi connectivity index (χ0v) is 10.4. The van der Waals surface area contributed by atoms with E-state index in [1.54, 1.807) is 49.2 Å². The second kappa shape index (κ2) is 4.96. The van der Waals surface area contributed by atoms with Crippen LogP contribution in [-0.4, -0.2) is 23.0 Å². The number of rotatable bonds is 3. The molecule has 0 aliphatic heterocycles. The Hall–Kier alpha value is -2.23. The first-order valence-corrected chi connectivity index (χ1v) is 5.65. The summed E-state index contributed by atoms with van der Waals surface area (Å²) < 4.78 is 5.12. The van der Waals surface area contributed by atoms with Crippen molar-refractivity contribution >= 4 is 5.91 Å². The van der Waals surface area contributed by atoms with Crippen molar-refractivity contribution in [1.82, 2.24) is 4.90 Å². The fourth-order valence-corrected chi connectivity index (χ4v) is 1.72. The molecule has 0 aliphatic rings. The van der Waals surface area contributed by atoms with Gasteiger partial charge in [0.2, 0.25) is 0 Å². The highest BCUT2D eigenvalue weighted by atomic mass is 16.3. The first-order valence-electron chi connectivity index (χ1n) is 5.65. The number of nitrogens with zero attached hydrogens (tertiary/aromatic N) is 1. The van der Waals surface area contributed by atoms with E-state index in [1.807, 2.05) is 0 Å². The minimum atomic E-state index is -0.0834. The summed E-state index contributed by atoms with van der Waals surface area (Å²) in [5, 5.41) is 9.19. The topological polar surface area (TPSA) is 53.7 Å². The van der Waals surface area contributed by atoms with Crippen LogP contribution in [0.4, 0.5) is 0 Å². The van der Waals surface area contributed by atoms with Gasteiger partial charge in [0.1, 0.15) is 17.8 Å². The zero-order chi connectivity index (χ0) is 13.1. The number of aryl methyl sites for hydroxylation is 1. The van der Waals surface area contributed by atoms with Crippen molar-refractivity contribution in [2.45, 2.75) is 13.5 Å². The van der Waals surface area contributed by atoms with Gasteiger partial charge in [0, 0.05) is 13.6 Å². The summed E-state index contributed by atoms with van der Waals surface area (Å²) in [6.45, 7) is 2.29. The van der Waals surface area contributed by atoms with Gasteiger partial charge in [-0.1, -0.05) is 12.1 Å². The summed E-state index contributed by atoms with van der Waals surface area (Å²) in [7, 11) is 1.73. The number of hydrogen-bond donors (Lipinski definition) is 1. The van der Waals surface area contributed by atoms with E-state index in [9.17, 15) is 9.90 Å². The zero-order valence-electron chi connectivity index (χ0n) is 10.4. The molecule has 0 saturated carbocycles. The number of benzene rings is 1. The number of amides is 1. The average Bonchev–Trinajstić information content (AvgIpc) is 2.78. The van der Waals surface area contributed by atoms with Gasteiger partial charge in [-0.05, 0) is 30.7 Å². The molecule has 4 heteroatoms. The summed E-state index contributed by atoms with van der Waals surface area (Å²) in [5.41, 5.74) is 1.51. The van der Waals surface area contributed by atoms with Crippen LogP contribution in [0, 0.1) is 6.92 Å². The highest BCUT2D eigenvalue weighted by Gasteiger charge is 2.14. The van der Waals surface area contributed by atoms with Gasteiger partial charge in [0.05, 0.1) is 5.56 Å². The Bertz CT molecular complexity index is 542. The number of furan rings is 1. The Kier molecular flexibility index (Phi) is 3.37. The van der Waals surface area contributed by atoms with Crippen molar-refractivity contribution < 1.29 is 14.3 Å². The van der Waals surface area contributed by atoms with Crippen LogP contribution in [0.3, 0.4) is 0 Å². The molecule has 4 nitrogen and oxygen atoms in total. The minimum Gasteiger partial charge on any atom is -0.508 e. The van der Waals surface area contributed by atoms with Gasteiger partial charge in [0.15, 0.2) is 0 Å². The molecule has 1 N–H and O–H groups in total. The van der Waals surface area contributed by atoms with Gasteiger partial charge < -0.3 is 14.4 Å². The fraction of sp³-hybridized carbons (Fsp3) is 0.214. The molecule has 0 fully saturated rings. The van der Waals surface area contributed by atoms with Crippen LogP contribution < -0.4 is 0 Å². The van der Waals surface area contributed by atoms with E-state index in [2.05, 4.69) is 0 Å². The normalized spacial score (nSPS) is 10.3. The molecule has 94 valence electrons. The molecule has 1 aromatic carbocycles. The quantitative estimate of drug-likeness (QED) is 0.904. The second-order valence-electron chi connectivity index (χ2n) is 4.27. The van der Waals surface area contributed by atoms with E-state index in [4.69, 9.17) is 4.42 Å². The highest BCUT2D eigenvalue weighted by Crippen LogP contribution is 2.14. The van der Waals surface area contributed by atoms with Crippen molar-refractivity contribution in [1.29, 1.82) is 0 Å². The number of hydrogen-bond acceptors (Lipinski definition) is 3. The molecule has 0 unspecified atom stereocenters. The predicted octanol–water partition coefficient (Wildman–Crippen LogP) is 2.57. The number of phenols is 1. The molecule has 0 atom stereocenters. The molecule has 1 heterocycles. The van der Waals surface area contributed by atoms with Crippen LogP contribution >= 0.6 is 0 Å². The summed E-state index contributed by atoms with van der Waals surface area (Å²) in [4.78, 5) is 13.7.